The molecule has 0 radical (unpaired) electrons. The molecule has 0 saturated heterocycles. The van der Waals surface area contributed by atoms with E-state index in [0.29, 0.717) is 11.4 Å². The van der Waals surface area contributed by atoms with Crippen LogP contribution < -0.4 is 10.0 Å². The van der Waals surface area contributed by atoms with Gasteiger partial charge in [0.05, 0.1) is 11.3 Å². The first-order chi connectivity index (χ1) is 14.5. The Balaban J connectivity index is 1.45. The van der Waals surface area contributed by atoms with Gasteiger partial charge in [0.1, 0.15) is 0 Å². The van der Waals surface area contributed by atoms with Gasteiger partial charge >= 0.3 is 0 Å². The van der Waals surface area contributed by atoms with Gasteiger partial charge in [-0.25, -0.2) is 8.42 Å². The number of benzene rings is 4. The summed E-state index contributed by atoms with van der Waals surface area (Å²) in [5.74, 6) is -0.163. The van der Waals surface area contributed by atoms with Crippen molar-refractivity contribution in [1.29, 1.82) is 0 Å². The fourth-order valence-corrected chi connectivity index (χ4v) is 4.32. The van der Waals surface area contributed by atoms with E-state index >= 15 is 0 Å². The Morgan fingerprint density at radius 1 is 0.700 bits per heavy atom. The molecule has 0 atom stereocenters. The van der Waals surface area contributed by atoms with Crippen LogP contribution in [0.4, 0.5) is 11.4 Å². The molecule has 2 N–H and O–H groups in total. The van der Waals surface area contributed by atoms with E-state index in [2.05, 4.69) is 10.0 Å². The summed E-state index contributed by atoms with van der Waals surface area (Å²) >= 11 is 0. The van der Waals surface area contributed by atoms with Crippen molar-refractivity contribution < 1.29 is 13.2 Å². The molecule has 0 unspecified atom stereocenters. The number of anilines is 2. The van der Waals surface area contributed by atoms with E-state index in [1.165, 1.54) is 12.1 Å². The van der Waals surface area contributed by atoms with E-state index in [4.69, 9.17) is 0 Å². The summed E-state index contributed by atoms with van der Waals surface area (Å²) in [6.07, 6.45) is 0.233. The first-order valence-corrected chi connectivity index (χ1v) is 10.9. The van der Waals surface area contributed by atoms with Gasteiger partial charge in [0.25, 0.3) is 10.0 Å². The van der Waals surface area contributed by atoms with Gasteiger partial charge in [-0.2, -0.15) is 0 Å². The minimum atomic E-state index is -3.69. The van der Waals surface area contributed by atoms with Gasteiger partial charge in [-0.3, -0.25) is 9.52 Å². The lowest BCUT2D eigenvalue weighted by Crippen LogP contribution is -2.15. The van der Waals surface area contributed by atoms with Gasteiger partial charge in [-0.05, 0) is 52.7 Å². The Morgan fingerprint density at radius 3 is 2.13 bits per heavy atom. The molecule has 1 amide bonds. The number of para-hydroxylation sites is 1. The third-order valence-corrected chi connectivity index (χ3v) is 6.10. The molecule has 0 saturated carbocycles. The maximum Gasteiger partial charge on any atom is 0.261 e. The largest absolute Gasteiger partial charge is 0.326 e. The van der Waals surface area contributed by atoms with Gasteiger partial charge in [-0.1, -0.05) is 60.7 Å². The Kier molecular flexibility index (Phi) is 5.50. The molecule has 150 valence electrons. The molecule has 0 aliphatic carbocycles. The lowest BCUT2D eigenvalue weighted by atomic mass is 10.0. The second-order valence-corrected chi connectivity index (χ2v) is 8.54. The number of carbonyl (C=O) groups is 1. The van der Waals surface area contributed by atoms with Crippen molar-refractivity contribution in [1.82, 2.24) is 0 Å². The zero-order valence-electron chi connectivity index (χ0n) is 16.1. The minimum absolute atomic E-state index is 0.124. The number of sulfonamides is 1. The standard InChI is InChI=1S/C24H20N2O3S/c27-24(17-19-9-6-8-18-7-4-5-12-23(18)19)25-20-13-15-22(16-14-20)30(28,29)26-21-10-2-1-3-11-21/h1-16,26H,17H2,(H,25,27). The van der Waals surface area contributed by atoms with Crippen molar-refractivity contribution in [2.75, 3.05) is 10.0 Å². The highest BCUT2D eigenvalue weighted by Crippen LogP contribution is 2.21. The van der Waals surface area contributed by atoms with Crippen LogP contribution in [-0.2, 0) is 21.2 Å². The molecule has 0 aliphatic rings. The topological polar surface area (TPSA) is 75.3 Å². The molecule has 4 aromatic rings. The first-order valence-electron chi connectivity index (χ1n) is 9.46. The maximum atomic E-state index is 12.5. The number of hydrogen-bond donors (Lipinski definition) is 2. The van der Waals surface area contributed by atoms with Crippen LogP contribution in [-0.4, -0.2) is 14.3 Å². The predicted octanol–water partition coefficient (Wildman–Crippen LogP) is 4.82. The SMILES string of the molecule is O=C(Cc1cccc2ccccc12)Nc1ccc(S(=O)(=O)Nc2ccccc2)cc1. The van der Waals surface area contributed by atoms with E-state index in [0.717, 1.165) is 16.3 Å². The fourth-order valence-electron chi connectivity index (χ4n) is 3.26. The molecular formula is C24H20N2O3S. The average molecular weight is 417 g/mol. The van der Waals surface area contributed by atoms with Crippen molar-refractivity contribution in [3.63, 3.8) is 0 Å². The summed E-state index contributed by atoms with van der Waals surface area (Å²) in [5, 5.41) is 4.96. The quantitative estimate of drug-likeness (QED) is 0.473. The van der Waals surface area contributed by atoms with E-state index < -0.39 is 10.0 Å². The smallest absolute Gasteiger partial charge is 0.261 e. The fraction of sp³-hybridized carbons (Fsp3) is 0.0417. The molecule has 0 bridgehead atoms. The molecule has 0 aromatic heterocycles. The number of nitrogens with one attached hydrogen (secondary N) is 2. The Morgan fingerprint density at radius 2 is 1.37 bits per heavy atom. The predicted molar refractivity (Wildman–Crippen MR) is 120 cm³/mol. The molecule has 4 rings (SSSR count). The summed E-state index contributed by atoms with van der Waals surface area (Å²) in [6.45, 7) is 0. The van der Waals surface area contributed by atoms with E-state index in [1.807, 2.05) is 48.5 Å². The number of hydrogen-bond acceptors (Lipinski definition) is 3. The van der Waals surface area contributed by atoms with Crippen LogP contribution in [0, 0.1) is 0 Å². The Labute approximate surface area is 175 Å². The minimum Gasteiger partial charge on any atom is -0.326 e. The van der Waals surface area contributed by atoms with E-state index in [9.17, 15) is 13.2 Å². The van der Waals surface area contributed by atoms with Gasteiger partial charge < -0.3 is 5.32 Å². The van der Waals surface area contributed by atoms with Crippen LogP contribution in [0.25, 0.3) is 10.8 Å². The van der Waals surface area contributed by atoms with Crippen LogP contribution in [0.1, 0.15) is 5.56 Å². The highest BCUT2D eigenvalue weighted by Gasteiger charge is 2.14. The zero-order valence-corrected chi connectivity index (χ0v) is 16.9. The van der Waals surface area contributed by atoms with Gasteiger partial charge in [-0.15, -0.1) is 0 Å². The molecule has 0 spiro atoms. The second-order valence-electron chi connectivity index (χ2n) is 6.86. The molecule has 0 fully saturated rings. The van der Waals surface area contributed by atoms with Crippen LogP contribution in [0.5, 0.6) is 0 Å². The van der Waals surface area contributed by atoms with Crippen molar-refractivity contribution in [3.8, 4) is 0 Å². The van der Waals surface area contributed by atoms with Crippen molar-refractivity contribution in [2.24, 2.45) is 0 Å². The molecule has 4 aromatic carbocycles. The lowest BCUT2D eigenvalue weighted by molar-refractivity contribution is -0.115. The highest BCUT2D eigenvalue weighted by molar-refractivity contribution is 7.92. The van der Waals surface area contributed by atoms with Gasteiger partial charge in [0.15, 0.2) is 0 Å². The van der Waals surface area contributed by atoms with Crippen LogP contribution in [0.15, 0.2) is 102 Å². The van der Waals surface area contributed by atoms with E-state index in [1.54, 1.807) is 36.4 Å². The summed E-state index contributed by atoms with van der Waals surface area (Å²) in [7, 11) is -3.69. The van der Waals surface area contributed by atoms with Crippen LogP contribution in [0.3, 0.4) is 0 Å². The van der Waals surface area contributed by atoms with Crippen molar-refractivity contribution in [2.45, 2.75) is 11.3 Å². The molecule has 30 heavy (non-hydrogen) atoms. The lowest BCUT2D eigenvalue weighted by Gasteiger charge is -2.10. The monoisotopic (exact) mass is 416 g/mol. The Bertz CT molecular complexity index is 1280. The number of carbonyl (C=O) groups excluding carboxylic acids is 1. The van der Waals surface area contributed by atoms with Gasteiger partial charge in [0.2, 0.25) is 5.91 Å². The zero-order chi connectivity index (χ0) is 21.0. The first kappa shape index (κ1) is 19.7. The highest BCUT2D eigenvalue weighted by atomic mass is 32.2. The van der Waals surface area contributed by atoms with Crippen molar-refractivity contribution >= 4 is 38.1 Å². The number of rotatable bonds is 6. The van der Waals surface area contributed by atoms with Crippen LogP contribution >= 0.6 is 0 Å². The number of amides is 1. The molecule has 6 heteroatoms. The van der Waals surface area contributed by atoms with Crippen LogP contribution in [0.2, 0.25) is 0 Å². The molecule has 0 heterocycles. The third kappa shape index (κ3) is 4.50. The molecule has 5 nitrogen and oxygen atoms in total. The molecule has 0 aliphatic heterocycles. The molecular weight excluding hydrogens is 396 g/mol. The van der Waals surface area contributed by atoms with Gasteiger partial charge in [0, 0.05) is 11.4 Å². The maximum absolute atomic E-state index is 12.5. The third-order valence-electron chi connectivity index (χ3n) is 4.71. The van der Waals surface area contributed by atoms with Crippen molar-refractivity contribution in [3.05, 3.63) is 103 Å². The summed E-state index contributed by atoms with van der Waals surface area (Å²) in [6, 6.07) is 28.6. The normalized spacial score (nSPS) is 11.2. The number of fused-ring (bicyclic) bond motifs is 1. The Hall–Kier alpha value is -3.64. The second kappa shape index (κ2) is 8.39. The summed E-state index contributed by atoms with van der Waals surface area (Å²) < 4.78 is 27.5. The summed E-state index contributed by atoms with van der Waals surface area (Å²) in [5.41, 5.74) is 1.97. The van der Waals surface area contributed by atoms with E-state index in [-0.39, 0.29) is 17.2 Å². The average Bonchev–Trinajstić information content (AvgIpc) is 2.75. The summed E-state index contributed by atoms with van der Waals surface area (Å²) in [4.78, 5) is 12.6.